The molecule has 0 bridgehead atoms. The van der Waals surface area contributed by atoms with Crippen molar-refractivity contribution in [2.45, 2.75) is 13.0 Å². The Hall–Kier alpha value is -2.12. The van der Waals surface area contributed by atoms with E-state index >= 15 is 0 Å². The average Bonchev–Trinajstić information content (AvgIpc) is 2.67. The number of hydrogen-bond acceptors (Lipinski definition) is 4. The Morgan fingerprint density at radius 2 is 1.92 bits per heavy atom. The Morgan fingerprint density at radius 1 is 1.23 bits per heavy atom. The van der Waals surface area contributed by atoms with Gasteiger partial charge in [0.15, 0.2) is 5.96 Å². The van der Waals surface area contributed by atoms with E-state index in [1.165, 1.54) is 5.56 Å². The molecule has 144 valence electrons. The van der Waals surface area contributed by atoms with Crippen LogP contribution in [0.15, 0.2) is 35.3 Å². The largest absolute Gasteiger partial charge is 0.379 e. The lowest BCUT2D eigenvalue weighted by Gasteiger charge is -2.35. The van der Waals surface area contributed by atoms with Crippen LogP contribution >= 0.6 is 0 Å². The molecule has 1 saturated heterocycles. The Labute approximate surface area is 156 Å². The van der Waals surface area contributed by atoms with Crippen LogP contribution in [-0.4, -0.2) is 81.7 Å². The SMILES string of the molecule is CCNC(=NCC(=O)N(C)C)NCC(c1ccccc1)N1CCOCC1. The van der Waals surface area contributed by atoms with E-state index < -0.39 is 0 Å². The molecule has 0 radical (unpaired) electrons. The summed E-state index contributed by atoms with van der Waals surface area (Å²) in [6.07, 6.45) is 0. The number of benzene rings is 1. The minimum atomic E-state index is -0.0185. The second-order valence-electron chi connectivity index (χ2n) is 6.44. The van der Waals surface area contributed by atoms with E-state index in [9.17, 15) is 4.79 Å². The van der Waals surface area contributed by atoms with Crippen molar-refractivity contribution in [1.29, 1.82) is 0 Å². The normalized spacial score (nSPS) is 16.8. The maximum Gasteiger partial charge on any atom is 0.243 e. The first-order valence-electron chi connectivity index (χ1n) is 9.21. The fraction of sp³-hybridized carbons (Fsp3) is 0.579. The van der Waals surface area contributed by atoms with Crippen molar-refractivity contribution in [3.8, 4) is 0 Å². The Morgan fingerprint density at radius 3 is 2.54 bits per heavy atom. The molecule has 7 nitrogen and oxygen atoms in total. The molecule has 1 fully saturated rings. The van der Waals surface area contributed by atoms with Gasteiger partial charge in [-0.25, -0.2) is 4.99 Å². The minimum Gasteiger partial charge on any atom is -0.379 e. The molecule has 26 heavy (non-hydrogen) atoms. The van der Waals surface area contributed by atoms with Gasteiger partial charge in [-0.2, -0.15) is 0 Å². The van der Waals surface area contributed by atoms with Gasteiger partial charge in [-0.15, -0.1) is 0 Å². The fourth-order valence-electron chi connectivity index (χ4n) is 2.85. The van der Waals surface area contributed by atoms with Crippen LogP contribution in [0.4, 0.5) is 0 Å². The molecule has 1 aliphatic rings. The van der Waals surface area contributed by atoms with Gasteiger partial charge in [-0.05, 0) is 12.5 Å². The van der Waals surface area contributed by atoms with Gasteiger partial charge in [0.1, 0.15) is 6.54 Å². The number of guanidine groups is 1. The first-order chi connectivity index (χ1) is 12.6. The quantitative estimate of drug-likeness (QED) is 0.553. The summed E-state index contributed by atoms with van der Waals surface area (Å²) >= 11 is 0. The van der Waals surface area contributed by atoms with Gasteiger partial charge in [0.25, 0.3) is 0 Å². The number of likely N-dealkylation sites (N-methyl/N-ethyl adjacent to an activating group) is 1. The highest BCUT2D eigenvalue weighted by Crippen LogP contribution is 2.20. The summed E-state index contributed by atoms with van der Waals surface area (Å²) in [5, 5.41) is 6.61. The molecule has 2 rings (SSSR count). The Bertz CT molecular complexity index is 571. The van der Waals surface area contributed by atoms with E-state index in [-0.39, 0.29) is 18.5 Å². The monoisotopic (exact) mass is 361 g/mol. The predicted molar refractivity (Wildman–Crippen MR) is 104 cm³/mol. The summed E-state index contributed by atoms with van der Waals surface area (Å²) in [6.45, 7) is 6.95. The second-order valence-corrected chi connectivity index (χ2v) is 6.44. The molecule has 1 amide bonds. The Balaban J connectivity index is 2.05. The summed E-state index contributed by atoms with van der Waals surface area (Å²) in [4.78, 5) is 20.2. The van der Waals surface area contributed by atoms with Crippen molar-refractivity contribution in [1.82, 2.24) is 20.4 Å². The predicted octanol–water partition coefficient (Wildman–Crippen LogP) is 0.703. The van der Waals surface area contributed by atoms with Crippen LogP contribution < -0.4 is 10.6 Å². The molecule has 7 heteroatoms. The lowest BCUT2D eigenvalue weighted by atomic mass is 10.0. The molecule has 1 aliphatic heterocycles. The van der Waals surface area contributed by atoms with Gasteiger partial charge < -0.3 is 20.3 Å². The first-order valence-corrected chi connectivity index (χ1v) is 9.21. The molecule has 1 aromatic rings. The van der Waals surface area contributed by atoms with Crippen LogP contribution in [0.3, 0.4) is 0 Å². The average molecular weight is 361 g/mol. The van der Waals surface area contributed by atoms with Crippen molar-refractivity contribution in [2.24, 2.45) is 4.99 Å². The van der Waals surface area contributed by atoms with Crippen LogP contribution in [0.25, 0.3) is 0 Å². The van der Waals surface area contributed by atoms with E-state index in [2.05, 4.69) is 44.8 Å². The van der Waals surface area contributed by atoms with Gasteiger partial charge >= 0.3 is 0 Å². The van der Waals surface area contributed by atoms with Gasteiger partial charge in [0, 0.05) is 40.3 Å². The van der Waals surface area contributed by atoms with Crippen molar-refractivity contribution in [2.75, 3.05) is 60.0 Å². The fourth-order valence-corrected chi connectivity index (χ4v) is 2.85. The van der Waals surface area contributed by atoms with E-state index in [0.717, 1.165) is 32.8 Å². The molecule has 0 spiro atoms. The highest BCUT2D eigenvalue weighted by Gasteiger charge is 2.22. The summed E-state index contributed by atoms with van der Waals surface area (Å²) < 4.78 is 5.50. The summed E-state index contributed by atoms with van der Waals surface area (Å²) in [5.74, 6) is 0.645. The molecular weight excluding hydrogens is 330 g/mol. The van der Waals surface area contributed by atoms with Crippen LogP contribution in [0, 0.1) is 0 Å². The maximum absolute atomic E-state index is 11.8. The van der Waals surface area contributed by atoms with Gasteiger partial charge in [0.05, 0.1) is 19.3 Å². The number of hydrogen-bond donors (Lipinski definition) is 2. The van der Waals surface area contributed by atoms with Crippen molar-refractivity contribution < 1.29 is 9.53 Å². The summed E-state index contributed by atoms with van der Waals surface area (Å²) in [7, 11) is 3.48. The van der Waals surface area contributed by atoms with Crippen molar-refractivity contribution in [3.05, 3.63) is 35.9 Å². The molecule has 1 aromatic carbocycles. The zero-order valence-electron chi connectivity index (χ0n) is 16.1. The van der Waals surface area contributed by atoms with E-state index in [0.29, 0.717) is 12.5 Å². The molecule has 1 heterocycles. The van der Waals surface area contributed by atoms with E-state index in [1.807, 2.05) is 13.0 Å². The lowest BCUT2D eigenvalue weighted by Crippen LogP contribution is -2.46. The highest BCUT2D eigenvalue weighted by molar-refractivity contribution is 5.84. The number of ether oxygens (including phenoxy) is 1. The molecule has 0 aromatic heterocycles. The number of morpholine rings is 1. The summed E-state index contributed by atoms with van der Waals surface area (Å²) in [6, 6.07) is 10.7. The first kappa shape index (κ1) is 20.2. The number of nitrogens with one attached hydrogen (secondary N) is 2. The topological polar surface area (TPSA) is 69.2 Å². The second kappa shape index (κ2) is 10.8. The van der Waals surface area contributed by atoms with Gasteiger partial charge in [-0.3, -0.25) is 9.69 Å². The van der Waals surface area contributed by atoms with Crippen molar-refractivity contribution >= 4 is 11.9 Å². The molecule has 1 unspecified atom stereocenters. The van der Waals surface area contributed by atoms with Crippen LogP contribution in [0.5, 0.6) is 0 Å². The van der Waals surface area contributed by atoms with Crippen LogP contribution in [-0.2, 0) is 9.53 Å². The van der Waals surface area contributed by atoms with Crippen LogP contribution in [0.2, 0.25) is 0 Å². The Kier molecular flexibility index (Phi) is 8.37. The van der Waals surface area contributed by atoms with Gasteiger partial charge in [-0.1, -0.05) is 30.3 Å². The zero-order chi connectivity index (χ0) is 18.8. The number of carbonyl (C=O) groups is 1. The third kappa shape index (κ3) is 6.31. The molecule has 0 saturated carbocycles. The molecule has 1 atom stereocenters. The molecule has 2 N–H and O–H groups in total. The lowest BCUT2D eigenvalue weighted by molar-refractivity contribution is -0.127. The van der Waals surface area contributed by atoms with Gasteiger partial charge in [0.2, 0.25) is 5.91 Å². The number of nitrogens with zero attached hydrogens (tertiary/aromatic N) is 3. The number of carbonyl (C=O) groups excluding carboxylic acids is 1. The zero-order valence-corrected chi connectivity index (χ0v) is 16.1. The standard InChI is InChI=1S/C19H31N5O2/c1-4-20-19(22-15-18(25)23(2)3)21-14-17(16-8-6-5-7-9-16)24-10-12-26-13-11-24/h5-9,17H,4,10-15H2,1-3H3,(H2,20,21,22). The third-order valence-corrected chi connectivity index (χ3v) is 4.35. The van der Waals surface area contributed by atoms with Crippen LogP contribution in [0.1, 0.15) is 18.5 Å². The van der Waals surface area contributed by atoms with E-state index in [1.54, 1.807) is 19.0 Å². The summed E-state index contributed by atoms with van der Waals surface area (Å²) in [5.41, 5.74) is 1.27. The number of aliphatic imine (C=N–C) groups is 1. The third-order valence-electron chi connectivity index (χ3n) is 4.35. The minimum absolute atomic E-state index is 0.0185. The number of rotatable bonds is 7. The smallest absolute Gasteiger partial charge is 0.243 e. The van der Waals surface area contributed by atoms with E-state index in [4.69, 9.17) is 4.74 Å². The highest BCUT2D eigenvalue weighted by atomic mass is 16.5. The maximum atomic E-state index is 11.8. The van der Waals surface area contributed by atoms with Crippen molar-refractivity contribution in [3.63, 3.8) is 0 Å². The molecular formula is C19H31N5O2. The number of amides is 1. The molecule has 0 aliphatic carbocycles.